The van der Waals surface area contributed by atoms with Gasteiger partial charge in [0.1, 0.15) is 0 Å². The zero-order chi connectivity index (χ0) is 26.5. The molecule has 5 aromatic rings. The second-order valence-corrected chi connectivity index (χ2v) is 8.82. The molecule has 38 heavy (non-hydrogen) atoms. The first-order chi connectivity index (χ1) is 18.4. The fourth-order valence-electron chi connectivity index (χ4n) is 3.48. The number of nitrogens with one attached hydrogen (secondary N) is 3. The van der Waals surface area contributed by atoms with Crippen LogP contribution in [-0.4, -0.2) is 27.1 Å². The van der Waals surface area contributed by atoms with Crippen LogP contribution in [0.3, 0.4) is 0 Å². The maximum absolute atomic E-state index is 12.4. The molecule has 0 fully saturated rings. The van der Waals surface area contributed by atoms with Crippen molar-refractivity contribution in [3.05, 3.63) is 107 Å². The van der Waals surface area contributed by atoms with Crippen molar-refractivity contribution in [2.75, 3.05) is 16.0 Å². The Balaban J connectivity index is 1.27. The minimum Gasteiger partial charge on any atom is -0.334 e. The third-order valence-electron chi connectivity index (χ3n) is 5.29. The van der Waals surface area contributed by atoms with Crippen LogP contribution in [0.25, 0.3) is 22.8 Å². The number of anilines is 3. The molecule has 3 aromatic carbocycles. The van der Waals surface area contributed by atoms with E-state index in [1.165, 1.54) is 6.20 Å². The lowest BCUT2D eigenvalue weighted by Crippen LogP contribution is -2.19. The highest BCUT2D eigenvalue weighted by Crippen LogP contribution is 2.31. The third-order valence-corrected chi connectivity index (χ3v) is 5.85. The molecule has 0 atom stereocenters. The zero-order valence-electron chi connectivity index (χ0n) is 19.5. The van der Waals surface area contributed by atoms with Gasteiger partial charge in [-0.1, -0.05) is 34.4 Å². The van der Waals surface area contributed by atoms with Crippen molar-refractivity contribution in [1.82, 2.24) is 15.1 Å². The number of pyridine rings is 1. The summed E-state index contributed by atoms with van der Waals surface area (Å²) in [7, 11) is 0. The summed E-state index contributed by atoms with van der Waals surface area (Å²) in [5, 5.41) is 13.2. The van der Waals surface area contributed by atoms with Crippen molar-refractivity contribution in [1.29, 1.82) is 0 Å². The molecule has 0 radical (unpaired) electrons. The van der Waals surface area contributed by atoms with E-state index in [0.29, 0.717) is 43.8 Å². The molecular weight excluding hydrogens is 527 g/mol. The molecule has 3 amide bonds. The van der Waals surface area contributed by atoms with Crippen molar-refractivity contribution >= 4 is 52.2 Å². The zero-order valence-corrected chi connectivity index (χ0v) is 21.0. The molecule has 2 heterocycles. The Hall–Kier alpha value is -4.73. The Kier molecular flexibility index (Phi) is 7.30. The average Bonchev–Trinajstić information content (AvgIpc) is 3.41. The van der Waals surface area contributed by atoms with Gasteiger partial charge in [0.15, 0.2) is 0 Å². The third kappa shape index (κ3) is 5.97. The van der Waals surface area contributed by atoms with Crippen LogP contribution in [0, 0.1) is 0 Å². The van der Waals surface area contributed by atoms with E-state index in [1.807, 2.05) is 0 Å². The summed E-state index contributed by atoms with van der Waals surface area (Å²) in [5.41, 5.74) is 3.19. The largest absolute Gasteiger partial charge is 0.334 e. The van der Waals surface area contributed by atoms with Crippen LogP contribution in [0.1, 0.15) is 10.4 Å². The molecule has 2 aromatic heterocycles. The molecule has 9 nitrogen and oxygen atoms in total. The van der Waals surface area contributed by atoms with Crippen molar-refractivity contribution in [2.24, 2.45) is 0 Å². The van der Waals surface area contributed by atoms with E-state index in [2.05, 4.69) is 31.1 Å². The topological polar surface area (TPSA) is 122 Å². The fraction of sp³-hybridized carbons (Fsp3) is 0. The molecule has 5 rings (SSSR count). The molecule has 0 saturated carbocycles. The number of amides is 3. The molecule has 0 aliphatic heterocycles. The lowest BCUT2D eigenvalue weighted by molar-refractivity contribution is 0.102. The number of carbonyl (C=O) groups is 2. The Bertz CT molecular complexity index is 1610. The van der Waals surface area contributed by atoms with Crippen molar-refractivity contribution in [3.63, 3.8) is 0 Å². The van der Waals surface area contributed by atoms with Gasteiger partial charge in [-0.25, -0.2) is 4.79 Å². The van der Waals surface area contributed by atoms with Gasteiger partial charge in [-0.3, -0.25) is 9.78 Å². The Morgan fingerprint density at radius 1 is 0.789 bits per heavy atom. The minimum atomic E-state index is -0.418. The molecule has 0 unspecified atom stereocenters. The predicted molar refractivity (Wildman–Crippen MR) is 146 cm³/mol. The van der Waals surface area contributed by atoms with Gasteiger partial charge in [-0.2, -0.15) is 4.98 Å². The number of nitrogens with zero attached hydrogens (tertiary/aromatic N) is 3. The van der Waals surface area contributed by atoms with Gasteiger partial charge in [-0.05, 0) is 72.8 Å². The van der Waals surface area contributed by atoms with E-state index >= 15 is 0 Å². The molecule has 0 spiro atoms. The van der Waals surface area contributed by atoms with E-state index in [0.717, 1.165) is 0 Å². The first-order valence-corrected chi connectivity index (χ1v) is 12.0. The van der Waals surface area contributed by atoms with E-state index < -0.39 is 6.03 Å². The first-order valence-electron chi connectivity index (χ1n) is 11.2. The van der Waals surface area contributed by atoms with Crippen LogP contribution in [0.15, 0.2) is 95.8 Å². The summed E-state index contributed by atoms with van der Waals surface area (Å²) in [5.74, 6) is 0.208. The molecule has 0 aliphatic carbocycles. The maximum atomic E-state index is 12.4. The van der Waals surface area contributed by atoms with Crippen molar-refractivity contribution in [2.45, 2.75) is 0 Å². The van der Waals surface area contributed by atoms with Crippen LogP contribution in [-0.2, 0) is 0 Å². The monoisotopic (exact) mass is 544 g/mol. The standard InChI is InChI=1S/C27H18Cl2N6O3/c28-18-6-8-19(9-7-18)32-27(37)33-20-5-1-3-16(13-20)26-34-24(35-38-26)22-11-10-21(14-23(22)29)31-25(36)17-4-2-12-30-15-17/h1-15H,(H,31,36)(H2,32,33,37). The summed E-state index contributed by atoms with van der Waals surface area (Å²) >= 11 is 12.3. The number of rotatable bonds is 6. The van der Waals surface area contributed by atoms with Gasteiger partial charge in [0, 0.05) is 45.6 Å². The van der Waals surface area contributed by atoms with Crippen molar-refractivity contribution in [3.8, 4) is 22.8 Å². The highest BCUT2D eigenvalue weighted by molar-refractivity contribution is 6.33. The van der Waals surface area contributed by atoms with Crippen LogP contribution in [0.2, 0.25) is 10.0 Å². The second kappa shape index (κ2) is 11.1. The highest BCUT2D eigenvalue weighted by atomic mass is 35.5. The van der Waals surface area contributed by atoms with E-state index in [1.54, 1.807) is 85.1 Å². The molecular formula is C27H18Cl2N6O3. The van der Waals surface area contributed by atoms with Gasteiger partial charge in [0.25, 0.3) is 11.8 Å². The smallest absolute Gasteiger partial charge is 0.323 e. The molecule has 11 heteroatoms. The quantitative estimate of drug-likeness (QED) is 0.211. The first kappa shape index (κ1) is 24.9. The van der Waals surface area contributed by atoms with Crippen LogP contribution >= 0.6 is 23.2 Å². The summed E-state index contributed by atoms with van der Waals surface area (Å²) in [6, 6.07) is 21.6. The molecule has 0 saturated heterocycles. The maximum Gasteiger partial charge on any atom is 0.323 e. The Labute approximate surface area is 226 Å². The number of carbonyl (C=O) groups excluding carboxylic acids is 2. The normalized spacial score (nSPS) is 10.6. The van der Waals surface area contributed by atoms with E-state index in [-0.39, 0.29) is 17.6 Å². The highest BCUT2D eigenvalue weighted by Gasteiger charge is 2.15. The second-order valence-electron chi connectivity index (χ2n) is 7.98. The molecule has 3 N–H and O–H groups in total. The lowest BCUT2D eigenvalue weighted by atomic mass is 10.1. The van der Waals surface area contributed by atoms with Gasteiger partial charge < -0.3 is 20.5 Å². The number of aromatic nitrogens is 3. The number of benzene rings is 3. The predicted octanol–water partition coefficient (Wildman–Crippen LogP) is 7.00. The average molecular weight is 545 g/mol. The molecule has 188 valence electrons. The molecule has 0 bridgehead atoms. The van der Waals surface area contributed by atoms with Crippen LogP contribution in [0.5, 0.6) is 0 Å². The fourth-order valence-corrected chi connectivity index (χ4v) is 3.87. The van der Waals surface area contributed by atoms with Gasteiger partial charge in [0.05, 0.1) is 10.6 Å². The van der Waals surface area contributed by atoms with E-state index in [9.17, 15) is 9.59 Å². The van der Waals surface area contributed by atoms with Gasteiger partial charge in [0.2, 0.25) is 5.82 Å². The van der Waals surface area contributed by atoms with E-state index in [4.69, 9.17) is 27.7 Å². The number of urea groups is 1. The van der Waals surface area contributed by atoms with Gasteiger partial charge in [-0.15, -0.1) is 0 Å². The number of hydrogen-bond donors (Lipinski definition) is 3. The summed E-state index contributed by atoms with van der Waals surface area (Å²) in [6.45, 7) is 0. The van der Waals surface area contributed by atoms with Gasteiger partial charge >= 0.3 is 6.03 Å². The molecule has 0 aliphatic rings. The Morgan fingerprint density at radius 3 is 2.32 bits per heavy atom. The van der Waals surface area contributed by atoms with Crippen LogP contribution < -0.4 is 16.0 Å². The number of hydrogen-bond acceptors (Lipinski definition) is 6. The Morgan fingerprint density at radius 2 is 1.55 bits per heavy atom. The summed E-state index contributed by atoms with van der Waals surface area (Å²) in [4.78, 5) is 33.1. The van der Waals surface area contributed by atoms with Crippen LogP contribution in [0.4, 0.5) is 21.9 Å². The SMILES string of the molecule is O=C(Nc1ccc(Cl)cc1)Nc1cccc(-c2nc(-c3ccc(NC(=O)c4cccnc4)cc3Cl)no2)c1. The number of halogens is 2. The van der Waals surface area contributed by atoms with Crippen molar-refractivity contribution < 1.29 is 14.1 Å². The minimum absolute atomic E-state index is 0.242. The lowest BCUT2D eigenvalue weighted by Gasteiger charge is -2.08. The summed E-state index contributed by atoms with van der Waals surface area (Å²) in [6.07, 6.45) is 3.07. The summed E-state index contributed by atoms with van der Waals surface area (Å²) < 4.78 is 5.44.